The molecule has 33 heavy (non-hydrogen) atoms. The highest BCUT2D eigenvalue weighted by Crippen LogP contribution is 2.23. The number of nitrogens with zero attached hydrogens (tertiary/aromatic N) is 4. The highest BCUT2D eigenvalue weighted by atomic mass is 16.6. The maximum absolute atomic E-state index is 10.7. The van der Waals surface area contributed by atoms with Gasteiger partial charge in [0.05, 0.1) is 49.3 Å². The summed E-state index contributed by atoms with van der Waals surface area (Å²) in [6, 6.07) is 13.1. The number of unbranched alkanes of at least 4 members (excludes halogenated alkanes) is 2. The van der Waals surface area contributed by atoms with Gasteiger partial charge in [-0.3, -0.25) is 10.1 Å². The van der Waals surface area contributed by atoms with E-state index in [1.807, 2.05) is 12.1 Å². The second kappa shape index (κ2) is 14.3. The van der Waals surface area contributed by atoms with E-state index in [9.17, 15) is 25.4 Å². The maximum atomic E-state index is 10.7. The number of non-ortho nitro benzene ring substituents is 1. The Labute approximate surface area is 193 Å². The fourth-order valence-electron chi connectivity index (χ4n) is 3.59. The minimum atomic E-state index is -0.460. The smallest absolute Gasteiger partial charge is 0.269 e. The molecule has 0 amide bonds. The van der Waals surface area contributed by atoms with E-state index in [-0.39, 0.29) is 25.5 Å². The van der Waals surface area contributed by atoms with Crippen molar-refractivity contribution in [1.29, 1.82) is 0 Å². The molecule has 2 aromatic carbocycles. The van der Waals surface area contributed by atoms with Crippen molar-refractivity contribution in [1.82, 2.24) is 0 Å². The first-order chi connectivity index (χ1) is 16.0. The summed E-state index contributed by atoms with van der Waals surface area (Å²) in [5.41, 5.74) is 1.18. The van der Waals surface area contributed by atoms with E-state index in [2.05, 4.69) is 10.2 Å². The highest BCUT2D eigenvalue weighted by Gasteiger charge is 2.25. The Morgan fingerprint density at radius 1 is 0.758 bits per heavy atom. The van der Waals surface area contributed by atoms with Crippen LogP contribution in [0.4, 0.5) is 17.1 Å². The molecule has 0 aliphatic carbocycles. The molecule has 180 valence electrons. The van der Waals surface area contributed by atoms with Gasteiger partial charge in [0, 0.05) is 12.1 Å². The van der Waals surface area contributed by atoms with Crippen LogP contribution in [0.2, 0.25) is 0 Å². The molecule has 0 saturated heterocycles. The van der Waals surface area contributed by atoms with Gasteiger partial charge in [-0.1, -0.05) is 0 Å². The SMILES string of the molecule is O=[N+]([O-])c1ccc(N=Nc2ccc(OCCCCC[N+](CCO)(CCO)CCO)cc2)cc1. The van der Waals surface area contributed by atoms with Crippen molar-refractivity contribution in [3.05, 3.63) is 58.6 Å². The van der Waals surface area contributed by atoms with E-state index in [0.29, 0.717) is 42.1 Å². The van der Waals surface area contributed by atoms with Gasteiger partial charge in [0.15, 0.2) is 0 Å². The predicted octanol–water partition coefficient (Wildman–Crippen LogP) is 3.35. The van der Waals surface area contributed by atoms with Gasteiger partial charge in [0.1, 0.15) is 25.4 Å². The summed E-state index contributed by atoms with van der Waals surface area (Å²) in [5.74, 6) is 0.732. The summed E-state index contributed by atoms with van der Waals surface area (Å²) >= 11 is 0. The molecule has 0 saturated carbocycles. The van der Waals surface area contributed by atoms with E-state index in [4.69, 9.17) is 4.74 Å². The molecule has 0 bridgehead atoms. The van der Waals surface area contributed by atoms with E-state index >= 15 is 0 Å². The molecular weight excluding hydrogens is 428 g/mol. The van der Waals surface area contributed by atoms with Crippen LogP contribution in [-0.4, -0.2) is 77.3 Å². The van der Waals surface area contributed by atoms with Crippen LogP contribution in [-0.2, 0) is 0 Å². The maximum Gasteiger partial charge on any atom is 0.269 e. The third-order valence-corrected chi connectivity index (χ3v) is 5.45. The standard InChI is InChI=1S/C23H33N4O6/c28-16-13-27(14-17-29,15-18-30)12-2-1-3-19-33-23-10-6-21(7-11-23)25-24-20-4-8-22(9-5-20)26(31)32/h4-11,28-30H,1-3,12-19H2/q+1. The van der Waals surface area contributed by atoms with E-state index < -0.39 is 4.92 Å². The first-order valence-corrected chi connectivity index (χ1v) is 11.1. The Balaban J connectivity index is 1.73. The van der Waals surface area contributed by atoms with Gasteiger partial charge in [-0.2, -0.15) is 10.2 Å². The zero-order chi connectivity index (χ0) is 23.9. The van der Waals surface area contributed by atoms with Crippen LogP contribution in [0.1, 0.15) is 19.3 Å². The summed E-state index contributed by atoms with van der Waals surface area (Å²) in [6.07, 6.45) is 2.74. The lowest BCUT2D eigenvalue weighted by molar-refractivity contribution is -0.929. The third kappa shape index (κ3) is 9.22. The molecule has 0 heterocycles. The third-order valence-electron chi connectivity index (χ3n) is 5.45. The number of nitro benzene ring substituents is 1. The number of hydrogen-bond acceptors (Lipinski definition) is 8. The lowest BCUT2D eigenvalue weighted by atomic mass is 10.2. The average molecular weight is 462 g/mol. The Kier molecular flexibility index (Phi) is 11.4. The highest BCUT2D eigenvalue weighted by molar-refractivity contribution is 5.45. The number of quaternary nitrogens is 1. The minimum absolute atomic E-state index is 0.00863. The lowest BCUT2D eigenvalue weighted by Crippen LogP contribution is -2.53. The molecule has 0 spiro atoms. The predicted molar refractivity (Wildman–Crippen MR) is 124 cm³/mol. The van der Waals surface area contributed by atoms with Crippen LogP contribution in [0, 0.1) is 10.1 Å². The summed E-state index contributed by atoms with van der Waals surface area (Å²) in [7, 11) is 0. The molecule has 10 nitrogen and oxygen atoms in total. The number of benzene rings is 2. The van der Waals surface area contributed by atoms with Crippen LogP contribution < -0.4 is 4.74 Å². The molecule has 0 atom stereocenters. The van der Waals surface area contributed by atoms with Gasteiger partial charge in [-0.25, -0.2) is 0 Å². The Hall–Kier alpha value is -2.92. The zero-order valence-electron chi connectivity index (χ0n) is 18.8. The minimum Gasteiger partial charge on any atom is -0.494 e. The van der Waals surface area contributed by atoms with Crippen molar-refractivity contribution < 1.29 is 29.5 Å². The van der Waals surface area contributed by atoms with Crippen LogP contribution in [0.25, 0.3) is 0 Å². The fourth-order valence-corrected chi connectivity index (χ4v) is 3.59. The average Bonchev–Trinajstić information content (AvgIpc) is 2.81. The topological polar surface area (TPSA) is 138 Å². The summed E-state index contributed by atoms with van der Waals surface area (Å²) in [4.78, 5) is 10.2. The van der Waals surface area contributed by atoms with Crippen molar-refractivity contribution in [2.45, 2.75) is 19.3 Å². The van der Waals surface area contributed by atoms with Crippen molar-refractivity contribution in [2.24, 2.45) is 10.2 Å². The molecule has 0 fully saturated rings. The number of nitro groups is 1. The van der Waals surface area contributed by atoms with Crippen molar-refractivity contribution in [3.63, 3.8) is 0 Å². The summed E-state index contributed by atoms with van der Waals surface area (Å²) in [6.45, 7) is 3.08. The van der Waals surface area contributed by atoms with Gasteiger partial charge < -0.3 is 24.5 Å². The Morgan fingerprint density at radius 2 is 1.27 bits per heavy atom. The fraction of sp³-hybridized carbons (Fsp3) is 0.478. The van der Waals surface area contributed by atoms with E-state index in [1.54, 1.807) is 24.3 Å². The molecule has 0 radical (unpaired) electrons. The van der Waals surface area contributed by atoms with Crippen molar-refractivity contribution in [3.8, 4) is 5.75 Å². The molecule has 2 rings (SSSR count). The largest absolute Gasteiger partial charge is 0.494 e. The molecule has 2 aromatic rings. The Morgan fingerprint density at radius 3 is 1.76 bits per heavy atom. The molecule has 0 unspecified atom stereocenters. The first kappa shape index (κ1) is 26.3. The van der Waals surface area contributed by atoms with E-state index in [0.717, 1.165) is 31.6 Å². The molecular formula is C23H33N4O6+. The van der Waals surface area contributed by atoms with Crippen LogP contribution >= 0.6 is 0 Å². The van der Waals surface area contributed by atoms with Gasteiger partial charge in [-0.05, 0) is 55.7 Å². The van der Waals surface area contributed by atoms with Crippen molar-refractivity contribution in [2.75, 3.05) is 52.6 Å². The molecule has 0 aliphatic rings. The van der Waals surface area contributed by atoms with Crippen LogP contribution in [0.3, 0.4) is 0 Å². The summed E-state index contributed by atoms with van der Waals surface area (Å²) in [5, 5.41) is 46.9. The van der Waals surface area contributed by atoms with Gasteiger partial charge in [0.2, 0.25) is 0 Å². The van der Waals surface area contributed by atoms with Crippen molar-refractivity contribution >= 4 is 17.1 Å². The summed E-state index contributed by atoms with van der Waals surface area (Å²) < 4.78 is 6.30. The normalized spacial score (nSPS) is 11.7. The lowest BCUT2D eigenvalue weighted by Gasteiger charge is -2.37. The molecule has 10 heteroatoms. The van der Waals surface area contributed by atoms with Crippen LogP contribution in [0.15, 0.2) is 58.8 Å². The number of aliphatic hydroxyl groups is 3. The number of ether oxygens (including phenoxy) is 1. The number of azo groups is 1. The molecule has 0 aromatic heterocycles. The van der Waals surface area contributed by atoms with Gasteiger partial charge in [0.25, 0.3) is 5.69 Å². The zero-order valence-corrected chi connectivity index (χ0v) is 18.8. The van der Waals surface area contributed by atoms with E-state index in [1.165, 1.54) is 12.1 Å². The monoisotopic (exact) mass is 461 g/mol. The van der Waals surface area contributed by atoms with Crippen LogP contribution in [0.5, 0.6) is 5.75 Å². The number of aliphatic hydroxyl groups excluding tert-OH is 3. The molecule has 3 N–H and O–H groups in total. The second-order valence-corrected chi connectivity index (χ2v) is 7.78. The van der Waals surface area contributed by atoms with Gasteiger partial charge in [-0.15, -0.1) is 0 Å². The molecule has 0 aliphatic heterocycles. The first-order valence-electron chi connectivity index (χ1n) is 11.1. The van der Waals surface area contributed by atoms with Gasteiger partial charge >= 0.3 is 0 Å². The number of hydrogen-bond donors (Lipinski definition) is 3. The second-order valence-electron chi connectivity index (χ2n) is 7.78. The number of rotatable bonds is 16. The Bertz CT molecular complexity index is 841. The quantitative estimate of drug-likeness (QED) is 0.115.